The molecule has 0 radical (unpaired) electrons. The zero-order valence-electron chi connectivity index (χ0n) is 15.1. The fourth-order valence-electron chi connectivity index (χ4n) is 3.90. The second-order valence-corrected chi connectivity index (χ2v) is 9.01. The van der Waals surface area contributed by atoms with E-state index in [-0.39, 0.29) is 6.04 Å². The lowest BCUT2D eigenvalue weighted by Gasteiger charge is -2.35. The highest BCUT2D eigenvalue weighted by atomic mass is 32.2. The second kappa shape index (κ2) is 9.12. The van der Waals surface area contributed by atoms with Gasteiger partial charge in [0.2, 0.25) is 0 Å². The molecule has 2 aliphatic heterocycles. The van der Waals surface area contributed by atoms with Crippen molar-refractivity contribution < 1.29 is 8.42 Å². The van der Waals surface area contributed by atoms with Crippen molar-refractivity contribution in [2.75, 3.05) is 32.7 Å². The SMILES string of the molecule is O=S(=O)(N[C@@H]1CCCN(CCCc2ccccc2)C1)N1CCCCC1. The van der Waals surface area contributed by atoms with Crippen molar-refractivity contribution in [3.63, 3.8) is 0 Å². The molecule has 3 rings (SSSR count). The van der Waals surface area contributed by atoms with Gasteiger partial charge in [0, 0.05) is 25.7 Å². The smallest absolute Gasteiger partial charge is 0.279 e. The Labute approximate surface area is 152 Å². The molecule has 2 saturated heterocycles. The molecule has 1 aromatic rings. The number of rotatable bonds is 7. The van der Waals surface area contributed by atoms with E-state index in [4.69, 9.17) is 0 Å². The third kappa shape index (κ3) is 5.78. The fraction of sp³-hybridized carbons (Fsp3) is 0.684. The predicted molar refractivity (Wildman–Crippen MR) is 102 cm³/mol. The first-order valence-corrected chi connectivity index (χ1v) is 11.1. The lowest BCUT2D eigenvalue weighted by molar-refractivity contribution is 0.198. The van der Waals surface area contributed by atoms with Crippen LogP contribution in [0.25, 0.3) is 0 Å². The van der Waals surface area contributed by atoms with Gasteiger partial charge in [-0.25, -0.2) is 0 Å². The minimum Gasteiger partial charge on any atom is -0.302 e. The van der Waals surface area contributed by atoms with E-state index in [2.05, 4.69) is 33.9 Å². The summed E-state index contributed by atoms with van der Waals surface area (Å²) in [5.74, 6) is 0. The molecule has 0 aromatic heterocycles. The first-order chi connectivity index (χ1) is 12.1. The zero-order valence-corrected chi connectivity index (χ0v) is 15.9. The standard InChI is InChI=1S/C19H31N3O2S/c23-25(24,22-15-5-2-6-16-22)20-19-12-8-14-21(17-19)13-7-11-18-9-3-1-4-10-18/h1,3-4,9-10,19-20H,2,5-8,11-17H2/t19-/m1/s1. The molecule has 1 atom stereocenters. The van der Waals surface area contributed by atoms with Crippen molar-refractivity contribution >= 4 is 10.2 Å². The number of likely N-dealkylation sites (tertiary alicyclic amines) is 1. The minimum absolute atomic E-state index is 0.0531. The highest BCUT2D eigenvalue weighted by Crippen LogP contribution is 2.16. The lowest BCUT2D eigenvalue weighted by atomic mass is 10.1. The summed E-state index contributed by atoms with van der Waals surface area (Å²) in [5, 5.41) is 0. The number of nitrogens with one attached hydrogen (secondary N) is 1. The van der Waals surface area contributed by atoms with E-state index in [9.17, 15) is 8.42 Å². The first-order valence-electron chi connectivity index (χ1n) is 9.67. The van der Waals surface area contributed by atoms with E-state index in [0.717, 1.165) is 64.6 Å². The number of hydrogen-bond donors (Lipinski definition) is 1. The van der Waals surface area contributed by atoms with Gasteiger partial charge in [0.05, 0.1) is 0 Å². The maximum atomic E-state index is 12.6. The molecule has 0 amide bonds. The molecule has 1 N–H and O–H groups in total. The molecule has 1 aromatic carbocycles. The molecule has 0 spiro atoms. The number of nitrogens with zero attached hydrogens (tertiary/aromatic N) is 2. The van der Waals surface area contributed by atoms with E-state index in [1.165, 1.54) is 5.56 Å². The Morgan fingerprint density at radius 2 is 1.76 bits per heavy atom. The van der Waals surface area contributed by atoms with Crippen molar-refractivity contribution in [3.05, 3.63) is 35.9 Å². The topological polar surface area (TPSA) is 52.7 Å². The largest absolute Gasteiger partial charge is 0.302 e. The van der Waals surface area contributed by atoms with Crippen LogP contribution in [0.3, 0.4) is 0 Å². The fourth-order valence-corrected chi connectivity index (χ4v) is 5.40. The first kappa shape index (κ1) is 18.8. The van der Waals surface area contributed by atoms with Crippen LogP contribution in [-0.4, -0.2) is 56.4 Å². The van der Waals surface area contributed by atoms with Gasteiger partial charge in [0.15, 0.2) is 0 Å². The maximum absolute atomic E-state index is 12.6. The van der Waals surface area contributed by atoms with Crippen LogP contribution < -0.4 is 4.72 Å². The van der Waals surface area contributed by atoms with Crippen molar-refractivity contribution in [1.82, 2.24) is 13.9 Å². The molecule has 0 bridgehead atoms. The molecular weight excluding hydrogens is 334 g/mol. The Morgan fingerprint density at radius 1 is 1.00 bits per heavy atom. The average molecular weight is 366 g/mol. The summed E-state index contributed by atoms with van der Waals surface area (Å²) >= 11 is 0. The van der Waals surface area contributed by atoms with Crippen molar-refractivity contribution in [3.8, 4) is 0 Å². The highest BCUT2D eigenvalue weighted by Gasteiger charge is 2.29. The van der Waals surface area contributed by atoms with Gasteiger partial charge in [-0.2, -0.15) is 17.4 Å². The Bertz CT molecular complexity index is 615. The maximum Gasteiger partial charge on any atom is 0.279 e. The molecule has 0 unspecified atom stereocenters. The van der Waals surface area contributed by atoms with Gasteiger partial charge in [-0.15, -0.1) is 0 Å². The lowest BCUT2D eigenvalue weighted by Crippen LogP contribution is -2.52. The third-order valence-electron chi connectivity index (χ3n) is 5.26. The molecule has 2 heterocycles. The summed E-state index contributed by atoms with van der Waals surface area (Å²) in [6.07, 6.45) is 7.33. The summed E-state index contributed by atoms with van der Waals surface area (Å²) in [7, 11) is -3.31. The summed E-state index contributed by atoms with van der Waals surface area (Å²) < 4.78 is 29.7. The number of piperidine rings is 2. The zero-order chi connectivity index (χ0) is 17.5. The molecule has 0 aliphatic carbocycles. The quantitative estimate of drug-likeness (QED) is 0.807. The Hall–Kier alpha value is -0.950. The van der Waals surface area contributed by atoms with Crippen LogP contribution in [0.15, 0.2) is 30.3 Å². The van der Waals surface area contributed by atoms with Crippen LogP contribution in [0.4, 0.5) is 0 Å². The van der Waals surface area contributed by atoms with Crippen LogP contribution in [-0.2, 0) is 16.6 Å². The van der Waals surface area contributed by atoms with Crippen LogP contribution in [0, 0.1) is 0 Å². The molecule has 140 valence electrons. The van der Waals surface area contributed by atoms with E-state index < -0.39 is 10.2 Å². The van der Waals surface area contributed by atoms with Crippen molar-refractivity contribution in [2.24, 2.45) is 0 Å². The number of aryl methyl sites for hydroxylation is 1. The molecule has 0 saturated carbocycles. The molecule has 25 heavy (non-hydrogen) atoms. The van der Waals surface area contributed by atoms with Gasteiger partial charge in [-0.05, 0) is 57.2 Å². The number of benzene rings is 1. The second-order valence-electron chi connectivity index (χ2n) is 7.31. The summed E-state index contributed by atoms with van der Waals surface area (Å²) in [6.45, 7) is 4.29. The molecule has 2 fully saturated rings. The Balaban J connectivity index is 1.44. The van der Waals surface area contributed by atoms with Gasteiger partial charge in [-0.3, -0.25) is 0 Å². The molecule has 5 nitrogen and oxygen atoms in total. The van der Waals surface area contributed by atoms with Gasteiger partial charge in [0.1, 0.15) is 0 Å². The third-order valence-corrected chi connectivity index (χ3v) is 6.93. The van der Waals surface area contributed by atoms with Gasteiger partial charge >= 0.3 is 0 Å². The molecule has 2 aliphatic rings. The minimum atomic E-state index is -3.31. The van der Waals surface area contributed by atoms with E-state index in [1.54, 1.807) is 4.31 Å². The van der Waals surface area contributed by atoms with Crippen molar-refractivity contribution in [1.29, 1.82) is 0 Å². The van der Waals surface area contributed by atoms with Gasteiger partial charge in [0.25, 0.3) is 10.2 Å². The monoisotopic (exact) mass is 365 g/mol. The summed E-state index contributed by atoms with van der Waals surface area (Å²) in [4.78, 5) is 2.41. The van der Waals surface area contributed by atoms with E-state index in [0.29, 0.717) is 13.1 Å². The molecule has 6 heteroatoms. The normalized spacial score (nSPS) is 23.6. The van der Waals surface area contributed by atoms with E-state index >= 15 is 0 Å². The van der Waals surface area contributed by atoms with Crippen LogP contribution in [0.1, 0.15) is 44.1 Å². The number of hydrogen-bond acceptors (Lipinski definition) is 3. The molecular formula is C19H31N3O2S. The summed E-state index contributed by atoms with van der Waals surface area (Å²) in [5.41, 5.74) is 1.38. The van der Waals surface area contributed by atoms with Gasteiger partial charge < -0.3 is 4.90 Å². The average Bonchev–Trinajstić information content (AvgIpc) is 2.63. The Morgan fingerprint density at radius 3 is 2.52 bits per heavy atom. The van der Waals surface area contributed by atoms with Crippen LogP contribution in [0.5, 0.6) is 0 Å². The van der Waals surface area contributed by atoms with Gasteiger partial charge in [-0.1, -0.05) is 36.8 Å². The summed E-state index contributed by atoms with van der Waals surface area (Å²) in [6, 6.07) is 10.6. The van der Waals surface area contributed by atoms with E-state index in [1.807, 2.05) is 6.07 Å². The van der Waals surface area contributed by atoms with Crippen molar-refractivity contribution in [2.45, 2.75) is 51.0 Å². The predicted octanol–water partition coefficient (Wildman–Crippen LogP) is 2.40. The highest BCUT2D eigenvalue weighted by molar-refractivity contribution is 7.87. The van der Waals surface area contributed by atoms with Crippen LogP contribution in [0.2, 0.25) is 0 Å². The van der Waals surface area contributed by atoms with Crippen LogP contribution >= 0.6 is 0 Å². The Kier molecular flexibility index (Phi) is 6.87.